The number of rotatable bonds is 8. The molecule has 1 fully saturated rings. The average molecular weight is 546 g/mol. The van der Waals surface area contributed by atoms with Gasteiger partial charge in [0, 0.05) is 43.8 Å². The van der Waals surface area contributed by atoms with Gasteiger partial charge < -0.3 is 25.2 Å². The van der Waals surface area contributed by atoms with Crippen LogP contribution >= 0.6 is 35.6 Å². The lowest BCUT2D eigenvalue weighted by Gasteiger charge is -2.20. The Balaban J connectivity index is 0.00000420. The fraction of sp³-hybridized carbons (Fsp3) is 0.632. The van der Waals surface area contributed by atoms with Gasteiger partial charge in [-0.25, -0.2) is 0 Å². The Hall–Kier alpha value is -0.910. The van der Waals surface area contributed by atoms with Crippen molar-refractivity contribution in [2.75, 3.05) is 53.4 Å². The van der Waals surface area contributed by atoms with E-state index in [0.717, 1.165) is 45.7 Å². The van der Waals surface area contributed by atoms with Crippen molar-refractivity contribution < 1.29 is 13.5 Å². The summed E-state index contributed by atoms with van der Waals surface area (Å²) in [6.45, 7) is 3.73. The summed E-state index contributed by atoms with van der Waals surface area (Å²) < 4.78 is 29.7. The molecule has 0 aliphatic carbocycles. The quantitative estimate of drug-likeness (QED) is 0.227. The minimum Gasteiger partial charge on any atom is -0.434 e. The van der Waals surface area contributed by atoms with Crippen LogP contribution in [-0.2, 0) is 6.54 Å². The number of benzene rings is 1. The summed E-state index contributed by atoms with van der Waals surface area (Å²) >= 11 is 5.98. The second-order valence-electron chi connectivity index (χ2n) is 6.84. The molecule has 29 heavy (non-hydrogen) atoms. The van der Waals surface area contributed by atoms with Gasteiger partial charge in [-0.2, -0.15) is 8.78 Å². The summed E-state index contributed by atoms with van der Waals surface area (Å²) in [6.07, 6.45) is 2.21. The van der Waals surface area contributed by atoms with E-state index in [1.54, 1.807) is 13.1 Å². The van der Waals surface area contributed by atoms with Gasteiger partial charge in [-0.05, 0) is 57.7 Å². The zero-order chi connectivity index (χ0) is 20.4. The molecule has 1 aliphatic rings. The highest BCUT2D eigenvalue weighted by Crippen LogP contribution is 2.24. The molecule has 1 aliphatic heterocycles. The smallest absolute Gasteiger partial charge is 0.387 e. The Bertz CT molecular complexity index is 639. The lowest BCUT2D eigenvalue weighted by Crippen LogP contribution is -2.38. The number of halogens is 4. The number of ether oxygens (including phenoxy) is 1. The maximum absolute atomic E-state index is 12.6. The Morgan fingerprint density at radius 2 is 2.03 bits per heavy atom. The van der Waals surface area contributed by atoms with Crippen LogP contribution in [0.2, 0.25) is 5.02 Å². The zero-order valence-corrected chi connectivity index (χ0v) is 20.1. The van der Waals surface area contributed by atoms with Gasteiger partial charge in [0.25, 0.3) is 0 Å². The molecule has 10 heteroatoms. The second kappa shape index (κ2) is 14.2. The van der Waals surface area contributed by atoms with Crippen molar-refractivity contribution in [3.8, 4) is 5.75 Å². The normalized spacial score (nSPS) is 16.3. The van der Waals surface area contributed by atoms with Crippen molar-refractivity contribution in [1.82, 2.24) is 20.4 Å². The fourth-order valence-electron chi connectivity index (χ4n) is 3.13. The maximum atomic E-state index is 12.6. The number of aliphatic imine (C=N–C) groups is 1. The third-order valence-corrected chi connectivity index (χ3v) is 4.90. The molecule has 0 saturated carbocycles. The topological polar surface area (TPSA) is 52.1 Å². The molecule has 166 valence electrons. The van der Waals surface area contributed by atoms with Crippen LogP contribution in [0.4, 0.5) is 8.78 Å². The fourth-order valence-corrected chi connectivity index (χ4v) is 3.32. The predicted octanol–water partition coefficient (Wildman–Crippen LogP) is 3.25. The number of alkyl halides is 2. The lowest BCUT2D eigenvalue weighted by molar-refractivity contribution is -0.0504. The summed E-state index contributed by atoms with van der Waals surface area (Å²) in [5, 5.41) is 6.84. The number of likely N-dealkylation sites (N-methyl/N-ethyl adjacent to an activating group) is 1. The summed E-state index contributed by atoms with van der Waals surface area (Å²) in [7, 11) is 3.84. The van der Waals surface area contributed by atoms with E-state index in [4.69, 9.17) is 11.6 Å². The van der Waals surface area contributed by atoms with E-state index in [1.165, 1.54) is 18.6 Å². The average Bonchev–Trinajstić information content (AvgIpc) is 2.87. The first-order valence-corrected chi connectivity index (χ1v) is 9.94. The van der Waals surface area contributed by atoms with Crippen LogP contribution < -0.4 is 15.4 Å². The predicted molar refractivity (Wildman–Crippen MR) is 125 cm³/mol. The summed E-state index contributed by atoms with van der Waals surface area (Å²) in [5.41, 5.74) is 0.546. The molecular weight excluding hydrogens is 515 g/mol. The van der Waals surface area contributed by atoms with E-state index in [2.05, 4.69) is 37.2 Å². The van der Waals surface area contributed by atoms with Crippen LogP contribution in [0, 0.1) is 0 Å². The molecule has 0 atom stereocenters. The van der Waals surface area contributed by atoms with E-state index in [0.29, 0.717) is 16.5 Å². The first-order valence-electron chi connectivity index (χ1n) is 9.56. The molecule has 1 aromatic carbocycles. The van der Waals surface area contributed by atoms with Gasteiger partial charge in [0.05, 0.1) is 0 Å². The van der Waals surface area contributed by atoms with Crippen LogP contribution in [0.25, 0.3) is 0 Å². The van der Waals surface area contributed by atoms with Crippen LogP contribution in [0.5, 0.6) is 5.75 Å². The molecule has 2 rings (SSSR count). The van der Waals surface area contributed by atoms with Gasteiger partial charge in [-0.15, -0.1) is 24.0 Å². The van der Waals surface area contributed by atoms with Gasteiger partial charge >= 0.3 is 6.61 Å². The SMILES string of the molecule is CN=C(NCCCN1CCCN(C)CC1)NCc1cc(Cl)ccc1OC(F)F.I. The first-order chi connectivity index (χ1) is 13.5. The molecule has 2 N–H and O–H groups in total. The minimum atomic E-state index is -2.88. The number of guanidine groups is 1. The lowest BCUT2D eigenvalue weighted by atomic mass is 10.2. The summed E-state index contributed by atoms with van der Waals surface area (Å²) in [4.78, 5) is 9.03. The third-order valence-electron chi connectivity index (χ3n) is 4.66. The van der Waals surface area contributed by atoms with Crippen LogP contribution in [0.15, 0.2) is 23.2 Å². The van der Waals surface area contributed by atoms with Crippen molar-refractivity contribution >= 4 is 41.5 Å². The second-order valence-corrected chi connectivity index (χ2v) is 7.27. The molecule has 0 amide bonds. The molecular formula is C19H31ClF2IN5O. The Labute approximate surface area is 194 Å². The van der Waals surface area contributed by atoms with Gasteiger partial charge in [0.15, 0.2) is 5.96 Å². The first kappa shape index (κ1) is 26.1. The number of nitrogens with zero attached hydrogens (tertiary/aromatic N) is 3. The van der Waals surface area contributed by atoms with Gasteiger partial charge in [0.2, 0.25) is 0 Å². The van der Waals surface area contributed by atoms with Gasteiger partial charge in [-0.3, -0.25) is 4.99 Å². The highest BCUT2D eigenvalue weighted by Gasteiger charge is 2.12. The Morgan fingerprint density at radius 1 is 1.24 bits per heavy atom. The van der Waals surface area contributed by atoms with E-state index >= 15 is 0 Å². The Morgan fingerprint density at radius 3 is 2.76 bits per heavy atom. The molecule has 1 aromatic rings. The minimum absolute atomic E-state index is 0. The standard InChI is InChI=1S/C19H30ClF2N5O.HI/c1-23-19(24-7-3-9-27-10-4-8-26(2)11-12-27)25-14-15-13-16(20)5-6-17(15)28-18(21)22;/h5-6,13,18H,3-4,7-12,14H2,1-2H3,(H2,23,24,25);1H. The summed E-state index contributed by atoms with van der Waals surface area (Å²) in [6, 6.07) is 4.58. The molecule has 1 saturated heterocycles. The number of hydrogen-bond donors (Lipinski definition) is 2. The molecule has 0 aromatic heterocycles. The van der Waals surface area contributed by atoms with E-state index in [1.807, 2.05) is 0 Å². The van der Waals surface area contributed by atoms with Crippen molar-refractivity contribution in [3.63, 3.8) is 0 Å². The maximum Gasteiger partial charge on any atom is 0.387 e. The highest BCUT2D eigenvalue weighted by atomic mass is 127. The zero-order valence-electron chi connectivity index (χ0n) is 17.0. The molecule has 1 heterocycles. The Kier molecular flexibility index (Phi) is 12.8. The molecule has 0 bridgehead atoms. The van der Waals surface area contributed by atoms with Crippen LogP contribution in [-0.4, -0.2) is 75.7 Å². The number of nitrogens with one attached hydrogen (secondary N) is 2. The van der Waals surface area contributed by atoms with Crippen molar-refractivity contribution in [3.05, 3.63) is 28.8 Å². The molecule has 0 radical (unpaired) electrons. The van der Waals surface area contributed by atoms with Crippen molar-refractivity contribution in [2.24, 2.45) is 4.99 Å². The monoisotopic (exact) mass is 545 g/mol. The van der Waals surface area contributed by atoms with Crippen molar-refractivity contribution in [1.29, 1.82) is 0 Å². The highest BCUT2D eigenvalue weighted by molar-refractivity contribution is 14.0. The summed E-state index contributed by atoms with van der Waals surface area (Å²) in [5.74, 6) is 0.715. The molecule has 0 unspecified atom stereocenters. The van der Waals surface area contributed by atoms with Crippen LogP contribution in [0.1, 0.15) is 18.4 Å². The molecule has 6 nitrogen and oxygen atoms in total. The molecule has 0 spiro atoms. The van der Waals surface area contributed by atoms with Gasteiger partial charge in [0.1, 0.15) is 5.75 Å². The van der Waals surface area contributed by atoms with E-state index in [-0.39, 0.29) is 36.3 Å². The third kappa shape index (κ3) is 10.1. The van der Waals surface area contributed by atoms with E-state index < -0.39 is 6.61 Å². The number of hydrogen-bond acceptors (Lipinski definition) is 4. The van der Waals surface area contributed by atoms with Crippen LogP contribution in [0.3, 0.4) is 0 Å². The van der Waals surface area contributed by atoms with E-state index in [9.17, 15) is 8.78 Å². The van der Waals surface area contributed by atoms with Gasteiger partial charge in [-0.1, -0.05) is 11.6 Å². The van der Waals surface area contributed by atoms with Crippen molar-refractivity contribution in [2.45, 2.75) is 26.0 Å². The largest absolute Gasteiger partial charge is 0.434 e.